The predicted molar refractivity (Wildman–Crippen MR) is 67.6 cm³/mol. The van der Waals surface area contributed by atoms with Crippen molar-refractivity contribution in [2.24, 2.45) is 0 Å². The van der Waals surface area contributed by atoms with Crippen LogP contribution in [0.25, 0.3) is 10.2 Å². The predicted octanol–water partition coefficient (Wildman–Crippen LogP) is 2.89. The second-order valence-electron chi connectivity index (χ2n) is 4.02. The molecule has 0 amide bonds. The molecule has 2 aromatic heterocycles. The number of thiophene rings is 1. The van der Waals surface area contributed by atoms with E-state index in [1.165, 1.54) is 11.2 Å². The van der Waals surface area contributed by atoms with Crippen LogP contribution in [0.1, 0.15) is 35.4 Å². The molecule has 0 spiro atoms. The molecule has 17 heavy (non-hydrogen) atoms. The third-order valence-electron chi connectivity index (χ3n) is 3.03. The van der Waals surface area contributed by atoms with Gasteiger partial charge in [0.25, 0.3) is 0 Å². The van der Waals surface area contributed by atoms with E-state index in [1.807, 2.05) is 20.8 Å². The molecule has 0 aliphatic heterocycles. The van der Waals surface area contributed by atoms with Gasteiger partial charge in [0.05, 0.1) is 11.6 Å². The quantitative estimate of drug-likeness (QED) is 0.909. The topological polar surface area (TPSA) is 63.1 Å². The van der Waals surface area contributed by atoms with Crippen molar-refractivity contribution >= 4 is 27.5 Å². The van der Waals surface area contributed by atoms with Gasteiger partial charge in [-0.1, -0.05) is 6.92 Å². The first-order valence-electron chi connectivity index (χ1n) is 5.49. The average Bonchev–Trinajstić information content (AvgIpc) is 2.56. The molecule has 2 aromatic rings. The van der Waals surface area contributed by atoms with E-state index in [4.69, 9.17) is 0 Å². The van der Waals surface area contributed by atoms with Gasteiger partial charge in [-0.05, 0) is 25.8 Å². The van der Waals surface area contributed by atoms with Crippen LogP contribution in [0.3, 0.4) is 0 Å². The Morgan fingerprint density at radius 1 is 1.47 bits per heavy atom. The number of carboxylic acid groups (broad SMARTS) is 1. The van der Waals surface area contributed by atoms with Crippen LogP contribution >= 0.6 is 11.3 Å². The van der Waals surface area contributed by atoms with E-state index >= 15 is 0 Å². The van der Waals surface area contributed by atoms with Crippen molar-refractivity contribution in [3.05, 3.63) is 22.5 Å². The lowest BCUT2D eigenvalue weighted by atomic mass is 9.98. The summed E-state index contributed by atoms with van der Waals surface area (Å²) in [6, 6.07) is 0. The lowest BCUT2D eigenvalue weighted by molar-refractivity contribution is -0.138. The Balaban J connectivity index is 2.72. The molecule has 0 radical (unpaired) electrons. The van der Waals surface area contributed by atoms with E-state index in [-0.39, 0.29) is 0 Å². The van der Waals surface area contributed by atoms with E-state index in [1.54, 1.807) is 11.3 Å². The van der Waals surface area contributed by atoms with Gasteiger partial charge in [0.15, 0.2) is 0 Å². The molecule has 2 rings (SSSR count). The number of aliphatic carboxylic acids is 1. The van der Waals surface area contributed by atoms with Gasteiger partial charge in [-0.25, -0.2) is 9.97 Å². The van der Waals surface area contributed by atoms with E-state index in [0.717, 1.165) is 15.8 Å². The van der Waals surface area contributed by atoms with Gasteiger partial charge >= 0.3 is 5.97 Å². The number of carbonyl (C=O) groups is 1. The van der Waals surface area contributed by atoms with Gasteiger partial charge in [0, 0.05) is 10.3 Å². The summed E-state index contributed by atoms with van der Waals surface area (Å²) in [5.41, 5.74) is 1.74. The highest BCUT2D eigenvalue weighted by Gasteiger charge is 2.24. The zero-order valence-corrected chi connectivity index (χ0v) is 10.8. The van der Waals surface area contributed by atoms with Crippen LogP contribution in [0.15, 0.2) is 6.33 Å². The summed E-state index contributed by atoms with van der Waals surface area (Å²) < 4.78 is 0. The molecule has 1 atom stereocenters. The van der Waals surface area contributed by atoms with Crippen molar-refractivity contribution in [3.8, 4) is 0 Å². The highest BCUT2D eigenvalue weighted by Crippen LogP contribution is 2.34. The zero-order chi connectivity index (χ0) is 12.6. The van der Waals surface area contributed by atoms with Gasteiger partial charge in [-0.2, -0.15) is 0 Å². The van der Waals surface area contributed by atoms with E-state index in [2.05, 4.69) is 9.97 Å². The van der Waals surface area contributed by atoms with Gasteiger partial charge in [-0.15, -0.1) is 11.3 Å². The van der Waals surface area contributed by atoms with Gasteiger partial charge in [-0.3, -0.25) is 4.79 Å². The minimum Gasteiger partial charge on any atom is -0.481 e. The lowest BCUT2D eigenvalue weighted by Crippen LogP contribution is -2.12. The second kappa shape index (κ2) is 4.41. The van der Waals surface area contributed by atoms with Gasteiger partial charge < -0.3 is 5.11 Å². The molecule has 0 saturated carbocycles. The summed E-state index contributed by atoms with van der Waals surface area (Å²) in [5, 5.41) is 10.1. The van der Waals surface area contributed by atoms with Crippen molar-refractivity contribution in [1.82, 2.24) is 9.97 Å². The third kappa shape index (κ3) is 1.91. The second-order valence-corrected chi connectivity index (χ2v) is 5.22. The van der Waals surface area contributed by atoms with E-state index in [9.17, 15) is 9.90 Å². The first-order valence-corrected chi connectivity index (χ1v) is 6.31. The van der Waals surface area contributed by atoms with Crippen LogP contribution in [0.4, 0.5) is 0 Å². The van der Waals surface area contributed by atoms with Crippen LogP contribution in [0.5, 0.6) is 0 Å². The van der Waals surface area contributed by atoms with Crippen molar-refractivity contribution < 1.29 is 9.90 Å². The number of rotatable bonds is 3. The molecule has 0 bridgehead atoms. The Hall–Kier alpha value is -1.49. The minimum atomic E-state index is -0.823. The maximum atomic E-state index is 11.2. The average molecular weight is 250 g/mol. The smallest absolute Gasteiger partial charge is 0.312 e. The fourth-order valence-corrected chi connectivity index (χ4v) is 2.96. The Morgan fingerprint density at radius 2 is 2.18 bits per heavy atom. The van der Waals surface area contributed by atoms with Crippen LogP contribution < -0.4 is 0 Å². The normalized spacial score (nSPS) is 12.9. The van der Waals surface area contributed by atoms with Crippen molar-refractivity contribution in [2.45, 2.75) is 33.1 Å². The molecule has 4 nitrogen and oxygen atoms in total. The SMILES string of the molecule is CCC(C(=O)O)c1ncnc2sc(C)c(C)c12. The van der Waals surface area contributed by atoms with Crippen molar-refractivity contribution in [1.29, 1.82) is 0 Å². The Kier molecular flexibility index (Phi) is 3.11. The maximum absolute atomic E-state index is 11.2. The van der Waals surface area contributed by atoms with Gasteiger partial charge in [0.1, 0.15) is 11.2 Å². The molecule has 0 aliphatic carbocycles. The molecular weight excluding hydrogens is 236 g/mol. The highest BCUT2D eigenvalue weighted by molar-refractivity contribution is 7.18. The number of aromatic nitrogens is 2. The number of aryl methyl sites for hydroxylation is 2. The molecule has 0 aliphatic rings. The van der Waals surface area contributed by atoms with Crippen molar-refractivity contribution in [2.75, 3.05) is 0 Å². The van der Waals surface area contributed by atoms with Gasteiger partial charge in [0.2, 0.25) is 0 Å². The number of hydrogen-bond donors (Lipinski definition) is 1. The van der Waals surface area contributed by atoms with Crippen LogP contribution in [-0.2, 0) is 4.79 Å². The van der Waals surface area contributed by atoms with Crippen LogP contribution in [0, 0.1) is 13.8 Å². The third-order valence-corrected chi connectivity index (χ3v) is 4.15. The molecule has 2 heterocycles. The van der Waals surface area contributed by atoms with Crippen LogP contribution in [-0.4, -0.2) is 21.0 Å². The number of carboxylic acids is 1. The largest absolute Gasteiger partial charge is 0.481 e. The molecule has 0 saturated heterocycles. The molecule has 1 N–H and O–H groups in total. The highest BCUT2D eigenvalue weighted by atomic mass is 32.1. The Bertz CT molecular complexity index is 577. The number of nitrogens with zero attached hydrogens (tertiary/aromatic N) is 2. The molecule has 90 valence electrons. The number of hydrogen-bond acceptors (Lipinski definition) is 4. The maximum Gasteiger partial charge on any atom is 0.312 e. The van der Waals surface area contributed by atoms with E-state index < -0.39 is 11.9 Å². The molecule has 0 fully saturated rings. The van der Waals surface area contributed by atoms with E-state index in [0.29, 0.717) is 12.1 Å². The Labute approximate surface area is 103 Å². The fraction of sp³-hybridized carbons (Fsp3) is 0.417. The van der Waals surface area contributed by atoms with Crippen molar-refractivity contribution in [3.63, 3.8) is 0 Å². The summed E-state index contributed by atoms with van der Waals surface area (Å²) in [7, 11) is 0. The molecule has 1 unspecified atom stereocenters. The number of fused-ring (bicyclic) bond motifs is 1. The first-order chi connectivity index (χ1) is 8.06. The molecular formula is C12H14N2O2S. The minimum absolute atomic E-state index is 0.537. The Morgan fingerprint density at radius 3 is 2.76 bits per heavy atom. The summed E-state index contributed by atoms with van der Waals surface area (Å²) >= 11 is 1.59. The summed E-state index contributed by atoms with van der Waals surface area (Å²) in [4.78, 5) is 21.7. The summed E-state index contributed by atoms with van der Waals surface area (Å²) in [6.07, 6.45) is 1.99. The summed E-state index contributed by atoms with van der Waals surface area (Å²) in [5.74, 6) is -1.37. The molecule has 5 heteroatoms. The van der Waals surface area contributed by atoms with Crippen LogP contribution in [0.2, 0.25) is 0 Å². The standard InChI is InChI=1S/C12H14N2O2S/c1-4-8(12(15)16)10-9-6(2)7(3)17-11(9)14-5-13-10/h5,8H,4H2,1-3H3,(H,15,16). The zero-order valence-electron chi connectivity index (χ0n) is 10.0. The fourth-order valence-electron chi connectivity index (χ4n) is 1.96. The monoisotopic (exact) mass is 250 g/mol. The first kappa shape index (κ1) is 12.0. The molecule has 0 aromatic carbocycles. The lowest BCUT2D eigenvalue weighted by Gasteiger charge is -2.10. The summed E-state index contributed by atoms with van der Waals surface area (Å²) in [6.45, 7) is 5.88.